The summed E-state index contributed by atoms with van der Waals surface area (Å²) in [5, 5.41) is 10.5. The molecule has 15 heteroatoms. The van der Waals surface area contributed by atoms with Crippen LogP contribution in [0.25, 0.3) is 0 Å². The van der Waals surface area contributed by atoms with E-state index in [1.54, 1.807) is 38.1 Å². The summed E-state index contributed by atoms with van der Waals surface area (Å²) in [5.41, 5.74) is 1.09. The van der Waals surface area contributed by atoms with E-state index >= 15 is 0 Å². The topological polar surface area (TPSA) is 192 Å². The zero-order chi connectivity index (χ0) is 36.2. The van der Waals surface area contributed by atoms with Crippen molar-refractivity contribution in [2.45, 2.75) is 71.2 Å². The normalized spacial score (nSPS) is 12.3. The molecular weight excluding hydrogens is 624 g/mol. The van der Waals surface area contributed by atoms with Crippen LogP contribution in [0.4, 0.5) is 10.5 Å². The molecule has 0 bridgehead atoms. The Hall–Kier alpha value is -5.26. The number of anilines is 1. The van der Waals surface area contributed by atoms with Crippen molar-refractivity contribution >= 4 is 41.4 Å². The van der Waals surface area contributed by atoms with E-state index < -0.39 is 59.7 Å². The van der Waals surface area contributed by atoms with Gasteiger partial charge in [-0.15, -0.1) is 12.3 Å². The van der Waals surface area contributed by atoms with Crippen LogP contribution >= 0.6 is 0 Å². The van der Waals surface area contributed by atoms with Gasteiger partial charge in [-0.2, -0.15) is 0 Å². The molecule has 0 aliphatic carbocycles. The minimum atomic E-state index is -1.15. The number of esters is 1. The van der Waals surface area contributed by atoms with E-state index in [9.17, 15) is 33.7 Å². The Labute approximate surface area is 281 Å². The second-order valence-corrected chi connectivity index (χ2v) is 11.3. The van der Waals surface area contributed by atoms with Crippen molar-refractivity contribution in [2.24, 2.45) is 5.92 Å². The van der Waals surface area contributed by atoms with Gasteiger partial charge >= 0.3 is 12.1 Å². The van der Waals surface area contributed by atoms with Gasteiger partial charge in [-0.3, -0.25) is 24.0 Å². The van der Waals surface area contributed by atoms with Gasteiger partial charge in [0.2, 0.25) is 30.2 Å². The quantitative estimate of drug-likeness (QED) is 0.0691. The summed E-state index contributed by atoms with van der Waals surface area (Å²) in [5.74, 6) is -1.01. The van der Waals surface area contributed by atoms with Gasteiger partial charge in [0.1, 0.15) is 31.3 Å². The molecule has 1 rings (SSSR count). The number of likely N-dealkylation sites (N-methyl/N-ethyl adjacent to an activating group) is 2. The number of nitrogens with one attached hydrogen (secondary N) is 4. The zero-order valence-electron chi connectivity index (χ0n) is 28.2. The van der Waals surface area contributed by atoms with E-state index in [4.69, 9.17) is 15.9 Å². The van der Waals surface area contributed by atoms with Crippen LogP contribution < -0.4 is 21.3 Å². The van der Waals surface area contributed by atoms with Crippen molar-refractivity contribution in [3.63, 3.8) is 0 Å². The largest absolute Gasteiger partial charge is 0.461 e. The van der Waals surface area contributed by atoms with E-state index in [1.165, 1.54) is 32.0 Å². The average molecular weight is 672 g/mol. The average Bonchev–Trinajstić information content (AvgIpc) is 3.04. The lowest BCUT2D eigenvalue weighted by molar-refractivity contribution is -0.518. The van der Waals surface area contributed by atoms with Gasteiger partial charge in [0, 0.05) is 36.9 Å². The molecule has 48 heavy (non-hydrogen) atoms. The molecule has 0 aliphatic rings. The lowest BCUT2D eigenvalue weighted by Crippen LogP contribution is -2.57. The summed E-state index contributed by atoms with van der Waals surface area (Å²) in [4.78, 5) is 88.0. The second kappa shape index (κ2) is 21.5. The molecule has 15 nitrogen and oxygen atoms in total. The number of benzene rings is 1. The molecule has 5 amide bonds. The smallest absolute Gasteiger partial charge is 0.410 e. The maximum absolute atomic E-state index is 13.2. The van der Waals surface area contributed by atoms with E-state index in [2.05, 4.69) is 33.8 Å². The standard InChI is InChI=1S/C33H46N6O9/c1-8-10-11-27(40)36-26(16-17-28(41)47-20-9-2)31(43)37-29(22(3)4)32(44)34-23(5)30(42)35-25-14-12-24(13-15-25)21-48-33(45)38(6)18-19-39(7)46/h1,9,12-15,22-23,26,29H,2,10-11,16-21H2,3-7H3,(H3-,34,35,36,37,40,42,43,44)/p+1/t23-,26-,29?/m0/s1. The first-order valence-electron chi connectivity index (χ1n) is 15.4. The van der Waals surface area contributed by atoms with Crippen LogP contribution in [0.15, 0.2) is 36.9 Å². The summed E-state index contributed by atoms with van der Waals surface area (Å²) >= 11 is 0. The minimum absolute atomic E-state index is 0.00370. The van der Waals surface area contributed by atoms with Crippen LogP contribution in [-0.2, 0) is 40.1 Å². The number of ether oxygens (including phenoxy) is 2. The van der Waals surface area contributed by atoms with Crippen molar-refractivity contribution in [3.05, 3.63) is 47.4 Å². The van der Waals surface area contributed by atoms with Crippen LogP contribution in [0, 0.1) is 23.2 Å². The van der Waals surface area contributed by atoms with Gasteiger partial charge in [-0.1, -0.05) is 38.6 Å². The fraction of sp³-hybridized carbons (Fsp3) is 0.515. The van der Waals surface area contributed by atoms with Crippen molar-refractivity contribution in [1.82, 2.24) is 20.9 Å². The molecular formula is C33H47N6O9+. The number of hydrogen-bond acceptors (Lipinski definition) is 9. The number of carbonyl (C=O) groups is 6. The number of amides is 5. The molecule has 0 spiro atoms. The zero-order valence-corrected chi connectivity index (χ0v) is 28.2. The van der Waals surface area contributed by atoms with E-state index in [0.717, 1.165) is 0 Å². The summed E-state index contributed by atoms with van der Waals surface area (Å²) in [6.07, 6.45) is 5.89. The third kappa shape index (κ3) is 15.8. The number of nitroso groups, excluding NO2 is 1. The number of nitrogens with zero attached hydrogens (tertiary/aromatic N) is 2. The Bertz CT molecular complexity index is 1340. The Balaban J connectivity index is 2.79. The fourth-order valence-corrected chi connectivity index (χ4v) is 3.94. The third-order valence-corrected chi connectivity index (χ3v) is 6.79. The fourth-order valence-electron chi connectivity index (χ4n) is 3.94. The lowest BCUT2D eigenvalue weighted by Gasteiger charge is -2.26. The molecule has 0 heterocycles. The SMILES string of the molecule is C#CCCC(=O)N[C@@H](CCC(=O)OCC=C)C(=O)NC(C(=O)N[C@@H](C)C(=O)Nc1ccc(COC(=O)N(C)CC[N+](C)=O)cc1)C(C)C. The summed E-state index contributed by atoms with van der Waals surface area (Å²) in [6.45, 7) is 8.68. The molecule has 1 aromatic carbocycles. The van der Waals surface area contributed by atoms with Crippen LogP contribution in [0.1, 0.15) is 52.0 Å². The Morgan fingerprint density at radius 2 is 1.65 bits per heavy atom. The van der Waals surface area contributed by atoms with Gasteiger partial charge in [0.05, 0.1) is 6.54 Å². The van der Waals surface area contributed by atoms with Crippen molar-refractivity contribution < 1.29 is 43.0 Å². The molecule has 0 aliphatic heterocycles. The molecule has 4 N–H and O–H groups in total. The predicted octanol–water partition coefficient (Wildman–Crippen LogP) is 1.66. The number of carbonyl (C=O) groups excluding carboxylic acids is 6. The monoisotopic (exact) mass is 671 g/mol. The molecule has 0 aromatic heterocycles. The Kier molecular flexibility index (Phi) is 18.3. The first-order valence-corrected chi connectivity index (χ1v) is 15.4. The van der Waals surface area contributed by atoms with Gasteiger partial charge in [-0.05, 0) is 41.7 Å². The first-order chi connectivity index (χ1) is 22.7. The summed E-state index contributed by atoms with van der Waals surface area (Å²) in [7, 11) is 2.88. The molecule has 0 radical (unpaired) electrons. The molecule has 262 valence electrons. The molecule has 3 atom stereocenters. The molecule has 0 fully saturated rings. The second-order valence-electron chi connectivity index (χ2n) is 11.3. The highest BCUT2D eigenvalue weighted by atomic mass is 16.6. The van der Waals surface area contributed by atoms with Crippen molar-refractivity contribution in [1.29, 1.82) is 0 Å². The van der Waals surface area contributed by atoms with E-state index in [-0.39, 0.29) is 52.0 Å². The van der Waals surface area contributed by atoms with Gasteiger partial charge in [-0.25, -0.2) is 4.79 Å². The predicted molar refractivity (Wildman–Crippen MR) is 177 cm³/mol. The number of rotatable bonds is 20. The van der Waals surface area contributed by atoms with Gasteiger partial charge in [0.15, 0.2) is 7.05 Å². The number of terminal acetylenes is 1. The van der Waals surface area contributed by atoms with Gasteiger partial charge in [0.25, 0.3) is 0 Å². The summed E-state index contributed by atoms with van der Waals surface area (Å²) < 4.78 is 10.9. The highest BCUT2D eigenvalue weighted by molar-refractivity contribution is 5.98. The van der Waals surface area contributed by atoms with E-state index in [1.807, 2.05) is 0 Å². The molecule has 1 unspecified atom stereocenters. The lowest BCUT2D eigenvalue weighted by atomic mass is 10.0. The molecule has 0 saturated heterocycles. The maximum atomic E-state index is 13.2. The van der Waals surface area contributed by atoms with Crippen LogP contribution in [0.5, 0.6) is 0 Å². The van der Waals surface area contributed by atoms with Crippen LogP contribution in [-0.4, -0.2) is 97.3 Å². The van der Waals surface area contributed by atoms with Crippen molar-refractivity contribution in [2.75, 3.05) is 39.1 Å². The van der Waals surface area contributed by atoms with Crippen molar-refractivity contribution in [3.8, 4) is 12.3 Å². The van der Waals surface area contributed by atoms with Crippen LogP contribution in [0.3, 0.4) is 0 Å². The van der Waals surface area contributed by atoms with Crippen LogP contribution in [0.2, 0.25) is 0 Å². The van der Waals surface area contributed by atoms with Gasteiger partial charge < -0.3 is 35.6 Å². The number of hydrogen-bond donors (Lipinski definition) is 4. The molecule has 1 aromatic rings. The highest BCUT2D eigenvalue weighted by Crippen LogP contribution is 2.12. The Morgan fingerprint density at radius 1 is 0.979 bits per heavy atom. The first kappa shape index (κ1) is 40.8. The summed E-state index contributed by atoms with van der Waals surface area (Å²) in [6, 6.07) is 3.29. The van der Waals surface area contributed by atoms with E-state index in [0.29, 0.717) is 16.0 Å². The third-order valence-electron chi connectivity index (χ3n) is 6.79. The highest BCUT2D eigenvalue weighted by Gasteiger charge is 2.30. The Morgan fingerprint density at radius 3 is 2.23 bits per heavy atom. The minimum Gasteiger partial charge on any atom is -0.461 e. The maximum Gasteiger partial charge on any atom is 0.410 e. The molecule has 0 saturated carbocycles.